The average Bonchev–Trinajstić information content (AvgIpc) is 2.99. The van der Waals surface area contributed by atoms with Gasteiger partial charge in [0.2, 0.25) is 0 Å². The molecular formula is C19H28BN. The molecular weight excluding hydrogens is 253 g/mol. The highest BCUT2D eigenvalue weighted by Gasteiger charge is 2.34. The fourth-order valence-corrected chi connectivity index (χ4v) is 3.93. The highest BCUT2D eigenvalue weighted by atomic mass is 14.7. The highest BCUT2D eigenvalue weighted by molar-refractivity contribution is 6.67. The van der Waals surface area contributed by atoms with Crippen LogP contribution in [0, 0.1) is 11.8 Å². The Labute approximate surface area is 130 Å². The third kappa shape index (κ3) is 4.35. The summed E-state index contributed by atoms with van der Waals surface area (Å²) in [5, 5.41) is 0. The van der Waals surface area contributed by atoms with Crippen LogP contribution in [-0.4, -0.2) is 12.9 Å². The first-order chi connectivity index (χ1) is 10.3. The van der Waals surface area contributed by atoms with Gasteiger partial charge in [-0.05, 0) is 37.7 Å². The van der Waals surface area contributed by atoms with Gasteiger partial charge in [-0.3, -0.25) is 4.99 Å². The highest BCUT2D eigenvalue weighted by Crippen LogP contribution is 2.40. The van der Waals surface area contributed by atoms with Crippen molar-refractivity contribution in [2.24, 2.45) is 16.8 Å². The van der Waals surface area contributed by atoms with Gasteiger partial charge in [-0.2, -0.15) is 0 Å². The first-order valence-corrected chi connectivity index (χ1v) is 8.50. The van der Waals surface area contributed by atoms with Crippen LogP contribution in [0.2, 0.25) is 12.6 Å². The molecule has 1 saturated carbocycles. The molecule has 2 aliphatic rings. The molecule has 0 aromatic heterocycles. The van der Waals surface area contributed by atoms with Gasteiger partial charge in [0.05, 0.1) is 0 Å². The summed E-state index contributed by atoms with van der Waals surface area (Å²) >= 11 is 0. The van der Waals surface area contributed by atoms with Crippen LogP contribution in [0.1, 0.15) is 45.4 Å². The van der Waals surface area contributed by atoms with Crippen molar-refractivity contribution in [1.82, 2.24) is 0 Å². The molecule has 1 heterocycles. The van der Waals surface area contributed by atoms with Crippen LogP contribution in [0.25, 0.3) is 0 Å². The minimum atomic E-state index is 0.545. The Kier molecular flexibility index (Phi) is 6.33. The van der Waals surface area contributed by atoms with E-state index < -0.39 is 0 Å². The second kappa shape index (κ2) is 8.24. The van der Waals surface area contributed by atoms with Crippen molar-refractivity contribution in [2.75, 3.05) is 0 Å². The second-order valence-electron chi connectivity index (χ2n) is 6.47. The molecule has 0 spiro atoms. The molecule has 1 saturated heterocycles. The van der Waals surface area contributed by atoms with Gasteiger partial charge in [-0.15, -0.1) is 5.73 Å². The predicted molar refractivity (Wildman–Crippen MR) is 95.1 cm³/mol. The van der Waals surface area contributed by atoms with Gasteiger partial charge in [0.15, 0.2) is 6.71 Å². The molecule has 0 amide bonds. The Morgan fingerprint density at radius 1 is 1.19 bits per heavy atom. The normalized spacial score (nSPS) is 23.9. The lowest BCUT2D eigenvalue weighted by atomic mass is 9.40. The van der Waals surface area contributed by atoms with E-state index in [2.05, 4.69) is 23.9 Å². The zero-order valence-corrected chi connectivity index (χ0v) is 13.5. The Morgan fingerprint density at radius 3 is 2.62 bits per heavy atom. The van der Waals surface area contributed by atoms with E-state index in [-0.39, 0.29) is 0 Å². The van der Waals surface area contributed by atoms with Crippen molar-refractivity contribution in [1.29, 1.82) is 0 Å². The molecule has 0 aromatic carbocycles. The van der Waals surface area contributed by atoms with E-state index in [9.17, 15) is 0 Å². The van der Waals surface area contributed by atoms with Gasteiger partial charge in [-0.25, -0.2) is 0 Å². The summed E-state index contributed by atoms with van der Waals surface area (Å²) < 4.78 is 0. The Bertz CT molecular complexity index is 462. The first-order valence-electron chi connectivity index (χ1n) is 8.50. The van der Waals surface area contributed by atoms with Crippen molar-refractivity contribution < 1.29 is 0 Å². The van der Waals surface area contributed by atoms with E-state index in [1.807, 2.05) is 25.3 Å². The quantitative estimate of drug-likeness (QED) is 0.359. The lowest BCUT2D eigenvalue weighted by molar-refractivity contribution is 0.412. The fourth-order valence-electron chi connectivity index (χ4n) is 3.93. The largest absolute Gasteiger partial charge is 0.262 e. The number of aliphatic imine (C=N–C) groups is 1. The summed E-state index contributed by atoms with van der Waals surface area (Å²) in [6.45, 7) is 10.8. The molecule has 2 rings (SSSR count). The van der Waals surface area contributed by atoms with Crippen LogP contribution in [0.3, 0.4) is 0 Å². The van der Waals surface area contributed by atoms with Crippen molar-refractivity contribution >= 4 is 12.9 Å². The van der Waals surface area contributed by atoms with Crippen molar-refractivity contribution in [3.05, 3.63) is 42.2 Å². The predicted octanol–water partition coefficient (Wildman–Crippen LogP) is 5.49. The summed E-state index contributed by atoms with van der Waals surface area (Å²) in [4.78, 5) is 4.48. The number of hydrogen-bond acceptors (Lipinski definition) is 1. The number of nitrogens with zero attached hydrogens (tertiary/aromatic N) is 1. The first kappa shape index (κ1) is 16.1. The van der Waals surface area contributed by atoms with Gasteiger partial charge < -0.3 is 0 Å². The maximum absolute atomic E-state index is 4.48. The van der Waals surface area contributed by atoms with Crippen molar-refractivity contribution in [3.8, 4) is 0 Å². The molecule has 1 unspecified atom stereocenters. The van der Waals surface area contributed by atoms with Gasteiger partial charge in [0.25, 0.3) is 0 Å². The average molecular weight is 281 g/mol. The summed E-state index contributed by atoms with van der Waals surface area (Å²) in [6.07, 6.45) is 16.4. The summed E-state index contributed by atoms with van der Waals surface area (Å²) in [6, 6.07) is 0. The molecule has 2 fully saturated rings. The molecule has 112 valence electrons. The third-order valence-electron chi connectivity index (χ3n) is 5.11. The lowest BCUT2D eigenvalue weighted by Crippen LogP contribution is -2.21. The van der Waals surface area contributed by atoms with E-state index in [4.69, 9.17) is 0 Å². The second-order valence-corrected chi connectivity index (χ2v) is 6.47. The standard InChI is InChI=1S/C19H28BN/c1-4-6-14-21-16(3)18-12-13-20(15-18)19(5-2)17-10-8-7-9-11-17/h4,6,14,17-18H,2-3,7-13,15H2,1H3/b6-4-,21-14?. The van der Waals surface area contributed by atoms with Gasteiger partial charge in [0, 0.05) is 11.9 Å². The molecule has 1 atom stereocenters. The molecule has 1 nitrogen and oxygen atoms in total. The van der Waals surface area contributed by atoms with Crippen LogP contribution < -0.4 is 0 Å². The van der Waals surface area contributed by atoms with E-state index in [0.717, 1.165) is 11.6 Å². The Morgan fingerprint density at radius 2 is 1.95 bits per heavy atom. The van der Waals surface area contributed by atoms with Crippen molar-refractivity contribution in [3.63, 3.8) is 0 Å². The molecule has 0 aromatic rings. The zero-order valence-electron chi connectivity index (χ0n) is 13.5. The van der Waals surface area contributed by atoms with Crippen LogP contribution in [0.15, 0.2) is 47.2 Å². The summed E-state index contributed by atoms with van der Waals surface area (Å²) in [5.41, 5.74) is 5.87. The van der Waals surface area contributed by atoms with Crippen LogP contribution in [0.4, 0.5) is 0 Å². The monoisotopic (exact) mass is 281 g/mol. The van der Waals surface area contributed by atoms with Crippen LogP contribution in [-0.2, 0) is 0 Å². The maximum atomic E-state index is 4.48. The topological polar surface area (TPSA) is 12.4 Å². The van der Waals surface area contributed by atoms with Crippen LogP contribution in [0.5, 0.6) is 0 Å². The third-order valence-corrected chi connectivity index (χ3v) is 5.11. The SMILES string of the molecule is C=C=C(B1CCC(C(=C)N=C/C=C\C)C1)C1CCCCC1. The summed E-state index contributed by atoms with van der Waals surface area (Å²) in [5.74, 6) is 1.29. The molecule has 1 aliphatic carbocycles. The summed E-state index contributed by atoms with van der Waals surface area (Å²) in [7, 11) is 0. The lowest BCUT2D eigenvalue weighted by Gasteiger charge is -2.25. The minimum Gasteiger partial charge on any atom is -0.262 e. The molecule has 0 bridgehead atoms. The van der Waals surface area contributed by atoms with E-state index >= 15 is 0 Å². The minimum absolute atomic E-state index is 0.545. The fraction of sp³-hybridized carbons (Fsp3) is 0.579. The Balaban J connectivity index is 1.94. The smallest absolute Gasteiger partial charge is 0.181 e. The number of allylic oxidation sites excluding steroid dienone is 4. The molecule has 0 radical (unpaired) electrons. The van der Waals surface area contributed by atoms with E-state index in [0.29, 0.717) is 12.6 Å². The number of rotatable bonds is 5. The molecule has 2 heteroatoms. The van der Waals surface area contributed by atoms with Gasteiger partial charge in [0.1, 0.15) is 0 Å². The van der Waals surface area contributed by atoms with Crippen molar-refractivity contribution in [2.45, 2.75) is 58.1 Å². The zero-order chi connectivity index (χ0) is 15.1. The molecule has 21 heavy (non-hydrogen) atoms. The Hall–Kier alpha value is -1.27. The van der Waals surface area contributed by atoms with E-state index in [1.54, 1.807) is 0 Å². The van der Waals surface area contributed by atoms with Crippen LogP contribution >= 0.6 is 0 Å². The molecule has 1 aliphatic heterocycles. The van der Waals surface area contributed by atoms with Gasteiger partial charge in [-0.1, -0.05) is 63.0 Å². The maximum Gasteiger partial charge on any atom is 0.181 e. The molecule has 0 N–H and O–H groups in total. The van der Waals surface area contributed by atoms with E-state index in [1.165, 1.54) is 56.6 Å². The van der Waals surface area contributed by atoms with Gasteiger partial charge >= 0.3 is 0 Å². The number of hydrogen-bond donors (Lipinski definition) is 0.